The fraction of sp³-hybridized carbons (Fsp3) is 0.149. The second-order valence-corrected chi connectivity index (χ2v) is 14.1. The molecule has 0 saturated carbocycles. The van der Waals surface area contributed by atoms with Crippen LogP contribution in [-0.4, -0.2) is 36.7 Å². The third kappa shape index (κ3) is 13.8. The summed E-state index contributed by atoms with van der Waals surface area (Å²) in [6.07, 6.45) is -9.13. The molecule has 0 heterocycles. The van der Waals surface area contributed by atoms with E-state index < -0.39 is 89.7 Å². The molecule has 332 valence electrons. The molecule has 4 N–H and O–H groups in total. The summed E-state index contributed by atoms with van der Waals surface area (Å²) >= 11 is 0. The maximum absolute atomic E-state index is 13.7. The number of aryl methyl sites for hydroxylation is 1. The molecule has 0 fully saturated rings. The quantitative estimate of drug-likeness (QED) is 0.0917. The van der Waals surface area contributed by atoms with Gasteiger partial charge in [0.1, 0.15) is 17.5 Å². The van der Waals surface area contributed by atoms with Gasteiger partial charge in [0.15, 0.2) is 0 Å². The summed E-state index contributed by atoms with van der Waals surface area (Å²) in [4.78, 5) is 49.2. The Morgan fingerprint density at radius 1 is 0.453 bits per heavy atom. The first-order valence-corrected chi connectivity index (χ1v) is 19.1. The molecular formula is C47H37F9N4O4. The van der Waals surface area contributed by atoms with Crippen LogP contribution in [0.5, 0.6) is 0 Å². The van der Waals surface area contributed by atoms with Crippen LogP contribution in [0.3, 0.4) is 0 Å². The zero-order valence-corrected chi connectivity index (χ0v) is 33.5. The van der Waals surface area contributed by atoms with Crippen molar-refractivity contribution in [3.63, 3.8) is 0 Å². The normalized spacial score (nSPS) is 12.2. The van der Waals surface area contributed by atoms with Crippen LogP contribution in [0.25, 0.3) is 0 Å². The zero-order valence-electron chi connectivity index (χ0n) is 33.5. The number of hydrogen-bond acceptors (Lipinski definition) is 4. The Morgan fingerprint density at radius 3 is 1.22 bits per heavy atom. The first-order chi connectivity index (χ1) is 30.3. The monoisotopic (exact) mass is 892 g/mol. The molecule has 64 heavy (non-hydrogen) atoms. The fourth-order valence-electron chi connectivity index (χ4n) is 6.10. The Bertz CT molecular complexity index is 2570. The van der Waals surface area contributed by atoms with E-state index in [1.807, 2.05) is 6.92 Å². The minimum Gasteiger partial charge on any atom is -0.344 e. The first kappa shape index (κ1) is 47.6. The van der Waals surface area contributed by atoms with Crippen LogP contribution >= 0.6 is 0 Å². The lowest BCUT2D eigenvalue weighted by Gasteiger charge is -2.21. The SMILES string of the molecule is Cc1ccc(C(NC(=O)CNC(=O)c2ccc(F)cc2)c2cccc(C(F)(F)F)c2)cc1.O=C(CNC(=O)c1ccc(F)cc1)NC(c1cccc(F)c1)c1cccc(C(F)(F)F)c1. The zero-order chi connectivity index (χ0) is 46.6. The molecule has 0 bridgehead atoms. The van der Waals surface area contributed by atoms with E-state index in [1.165, 1.54) is 60.7 Å². The molecule has 0 aliphatic rings. The van der Waals surface area contributed by atoms with Crippen LogP contribution < -0.4 is 21.3 Å². The highest BCUT2D eigenvalue weighted by atomic mass is 19.4. The Kier molecular flexibility index (Phi) is 15.7. The topological polar surface area (TPSA) is 116 Å². The molecule has 2 atom stereocenters. The van der Waals surface area contributed by atoms with E-state index in [2.05, 4.69) is 21.3 Å². The van der Waals surface area contributed by atoms with E-state index in [4.69, 9.17) is 0 Å². The lowest BCUT2D eigenvalue weighted by Crippen LogP contribution is -2.39. The van der Waals surface area contributed by atoms with Crippen LogP contribution in [-0.2, 0) is 21.9 Å². The fourth-order valence-corrected chi connectivity index (χ4v) is 6.10. The molecule has 0 aromatic heterocycles. The largest absolute Gasteiger partial charge is 0.416 e. The van der Waals surface area contributed by atoms with Gasteiger partial charge in [-0.3, -0.25) is 19.2 Å². The molecule has 6 aromatic carbocycles. The number of carbonyl (C=O) groups is 4. The molecular weight excluding hydrogens is 856 g/mol. The molecule has 0 saturated heterocycles. The maximum atomic E-state index is 13.7. The molecule has 0 radical (unpaired) electrons. The van der Waals surface area contributed by atoms with Crippen molar-refractivity contribution in [2.45, 2.75) is 31.4 Å². The van der Waals surface area contributed by atoms with Crippen molar-refractivity contribution in [2.75, 3.05) is 13.1 Å². The van der Waals surface area contributed by atoms with Gasteiger partial charge >= 0.3 is 12.4 Å². The Balaban J connectivity index is 0.000000241. The standard InChI is InChI=1S/C24H20F4N2O2.C23H17F5N2O2/c1-15-5-7-16(8-6-15)22(18-3-2-4-19(13-18)24(26,27)28)30-21(31)14-29-23(32)17-9-11-20(25)12-10-17;24-18-9-7-14(8-10-18)22(32)29-13-20(31)30-21(16-4-2-6-19(25)12-16)15-3-1-5-17(11-15)23(26,27)28/h2-13,22H,14H2,1H3,(H,29,32)(H,30,31);1-12,21H,13H2,(H,29,32)(H,30,31). The third-order valence-corrected chi connectivity index (χ3v) is 9.33. The van der Waals surface area contributed by atoms with Crippen LogP contribution in [0.2, 0.25) is 0 Å². The van der Waals surface area contributed by atoms with Gasteiger partial charge in [-0.2, -0.15) is 26.3 Å². The van der Waals surface area contributed by atoms with Crippen LogP contribution in [0.15, 0.2) is 146 Å². The third-order valence-electron chi connectivity index (χ3n) is 9.33. The lowest BCUT2D eigenvalue weighted by molar-refractivity contribution is -0.138. The Morgan fingerprint density at radius 2 is 0.828 bits per heavy atom. The predicted molar refractivity (Wildman–Crippen MR) is 218 cm³/mol. The van der Waals surface area contributed by atoms with Gasteiger partial charge in [-0.25, -0.2) is 13.2 Å². The number of carbonyl (C=O) groups excluding carboxylic acids is 4. The van der Waals surface area contributed by atoms with Crippen molar-refractivity contribution < 1.29 is 58.7 Å². The number of alkyl halides is 6. The highest BCUT2D eigenvalue weighted by Gasteiger charge is 2.32. The van der Waals surface area contributed by atoms with Crippen molar-refractivity contribution >= 4 is 23.6 Å². The number of amides is 4. The van der Waals surface area contributed by atoms with Crippen LogP contribution in [0.1, 0.15) is 71.7 Å². The van der Waals surface area contributed by atoms with Crippen molar-refractivity contribution in [3.8, 4) is 0 Å². The minimum atomic E-state index is -4.60. The summed E-state index contributed by atoms with van der Waals surface area (Å²) in [6, 6.07) is 28.7. The molecule has 2 unspecified atom stereocenters. The van der Waals surface area contributed by atoms with E-state index in [0.29, 0.717) is 5.56 Å². The molecule has 6 rings (SSSR count). The summed E-state index contributed by atoms with van der Waals surface area (Å²) in [5, 5.41) is 9.97. The van der Waals surface area contributed by atoms with Crippen molar-refractivity contribution in [2.24, 2.45) is 0 Å². The Labute approximate surface area is 360 Å². The van der Waals surface area contributed by atoms with E-state index in [9.17, 15) is 58.7 Å². The number of nitrogens with one attached hydrogen (secondary N) is 4. The van der Waals surface area contributed by atoms with E-state index >= 15 is 0 Å². The average Bonchev–Trinajstić information content (AvgIpc) is 3.26. The maximum Gasteiger partial charge on any atom is 0.416 e. The van der Waals surface area contributed by atoms with Gasteiger partial charge < -0.3 is 21.3 Å². The highest BCUT2D eigenvalue weighted by Crippen LogP contribution is 2.34. The van der Waals surface area contributed by atoms with E-state index in [1.54, 1.807) is 24.3 Å². The van der Waals surface area contributed by atoms with Gasteiger partial charge in [0, 0.05) is 11.1 Å². The predicted octanol–water partition coefficient (Wildman–Crippen LogP) is 9.41. The number of benzene rings is 6. The summed E-state index contributed by atoms with van der Waals surface area (Å²) < 4.78 is 119. The van der Waals surface area contributed by atoms with E-state index in [0.717, 1.165) is 66.2 Å². The van der Waals surface area contributed by atoms with Gasteiger partial charge in [-0.15, -0.1) is 0 Å². The number of hydrogen-bond donors (Lipinski definition) is 4. The van der Waals surface area contributed by atoms with Gasteiger partial charge in [-0.05, 0) is 114 Å². The van der Waals surface area contributed by atoms with Gasteiger partial charge in [-0.1, -0.05) is 66.2 Å². The summed E-state index contributed by atoms with van der Waals surface area (Å²) in [5.74, 6) is -4.18. The summed E-state index contributed by atoms with van der Waals surface area (Å²) in [7, 11) is 0. The summed E-state index contributed by atoms with van der Waals surface area (Å²) in [6.45, 7) is 0.963. The van der Waals surface area contributed by atoms with Crippen LogP contribution in [0, 0.1) is 24.4 Å². The Hall–Kier alpha value is -7.43. The molecule has 0 spiro atoms. The summed E-state index contributed by atoms with van der Waals surface area (Å²) in [5.41, 5.74) is 0.655. The van der Waals surface area contributed by atoms with Gasteiger partial charge in [0.05, 0.1) is 36.3 Å². The van der Waals surface area contributed by atoms with Crippen molar-refractivity contribution in [1.82, 2.24) is 21.3 Å². The minimum absolute atomic E-state index is 0.0867. The molecule has 6 aromatic rings. The highest BCUT2D eigenvalue weighted by molar-refractivity contribution is 5.97. The average molecular weight is 893 g/mol. The lowest BCUT2D eigenvalue weighted by atomic mass is 9.96. The van der Waals surface area contributed by atoms with Gasteiger partial charge in [0.25, 0.3) is 11.8 Å². The number of halogens is 9. The molecule has 17 heteroatoms. The van der Waals surface area contributed by atoms with Crippen molar-refractivity contribution in [3.05, 3.63) is 213 Å². The van der Waals surface area contributed by atoms with Gasteiger partial charge in [0.2, 0.25) is 11.8 Å². The first-order valence-electron chi connectivity index (χ1n) is 19.1. The molecule has 0 aliphatic carbocycles. The second-order valence-electron chi connectivity index (χ2n) is 14.1. The smallest absolute Gasteiger partial charge is 0.344 e. The molecule has 4 amide bonds. The second kappa shape index (κ2) is 21.1. The number of rotatable bonds is 12. The van der Waals surface area contributed by atoms with E-state index in [-0.39, 0.29) is 27.8 Å². The van der Waals surface area contributed by atoms with Crippen molar-refractivity contribution in [1.29, 1.82) is 0 Å². The molecule has 8 nitrogen and oxygen atoms in total. The van der Waals surface area contributed by atoms with Crippen LogP contribution in [0.4, 0.5) is 39.5 Å². The molecule has 0 aliphatic heterocycles.